The van der Waals surface area contributed by atoms with Crippen LogP contribution in [0.3, 0.4) is 0 Å². The molecule has 11 nitrogen and oxygen atoms in total. The Kier molecular flexibility index (Phi) is 60.8. The van der Waals surface area contributed by atoms with Crippen molar-refractivity contribution in [2.24, 2.45) is 0 Å². The second-order valence-corrected chi connectivity index (χ2v) is 26.0. The first-order chi connectivity index (χ1) is 41.7. The molecule has 0 aliphatic carbocycles. The molecule has 502 valence electrons. The van der Waals surface area contributed by atoms with Crippen molar-refractivity contribution in [3.63, 3.8) is 0 Å². The van der Waals surface area contributed by atoms with Crippen LogP contribution >= 0.6 is 0 Å². The largest absolute Gasteiger partial charge is 0.466 e. The minimum Gasteiger partial charge on any atom is -0.466 e. The fraction of sp³-hybridized carbons (Fsp3) is 0.919. The summed E-state index contributed by atoms with van der Waals surface area (Å²) in [7, 11) is 0. The van der Waals surface area contributed by atoms with E-state index in [1.165, 1.54) is 289 Å². The molecular weight excluding hydrogens is 1060 g/mol. The fourth-order valence-electron chi connectivity index (χ4n) is 11.9. The number of esters is 1. The number of amides is 1. The van der Waals surface area contributed by atoms with Crippen LogP contribution in [0.2, 0.25) is 0 Å². The molecular formula is C74H141NO10. The topological polar surface area (TPSA) is 175 Å². The first kappa shape index (κ1) is 81.2. The first-order valence-corrected chi connectivity index (χ1v) is 37.1. The summed E-state index contributed by atoms with van der Waals surface area (Å²) in [5, 5.41) is 54.3. The minimum atomic E-state index is -1.57. The number of hydrogen-bond acceptors (Lipinski definition) is 10. The number of aliphatic hydroxyl groups is 5. The van der Waals surface area contributed by atoms with Gasteiger partial charge < -0.3 is 45.1 Å². The molecule has 0 bridgehead atoms. The van der Waals surface area contributed by atoms with Crippen LogP contribution < -0.4 is 5.32 Å². The lowest BCUT2D eigenvalue weighted by Crippen LogP contribution is -2.60. The second kappa shape index (κ2) is 63.7. The van der Waals surface area contributed by atoms with E-state index >= 15 is 0 Å². The molecule has 0 radical (unpaired) electrons. The molecule has 11 heteroatoms. The summed E-state index contributed by atoms with van der Waals surface area (Å²) in [6.07, 6.45) is 70.8. The molecule has 1 rings (SSSR count). The zero-order valence-electron chi connectivity index (χ0n) is 55.8. The highest BCUT2D eigenvalue weighted by Gasteiger charge is 2.44. The Morgan fingerprint density at radius 3 is 1.16 bits per heavy atom. The van der Waals surface area contributed by atoms with Gasteiger partial charge in [0.1, 0.15) is 24.4 Å². The van der Waals surface area contributed by atoms with Gasteiger partial charge in [0.2, 0.25) is 5.91 Å². The number of unbranched alkanes of at least 4 members (excludes halogenated alkanes) is 50. The van der Waals surface area contributed by atoms with Gasteiger partial charge in [-0.05, 0) is 51.4 Å². The van der Waals surface area contributed by atoms with E-state index in [9.17, 15) is 35.1 Å². The number of hydrogen-bond donors (Lipinski definition) is 6. The van der Waals surface area contributed by atoms with Crippen LogP contribution in [0.1, 0.15) is 373 Å². The fourth-order valence-corrected chi connectivity index (χ4v) is 11.9. The Morgan fingerprint density at radius 2 is 0.765 bits per heavy atom. The molecule has 1 fully saturated rings. The normalized spacial score (nSPS) is 18.0. The summed E-state index contributed by atoms with van der Waals surface area (Å²) >= 11 is 0. The average Bonchev–Trinajstić information content (AvgIpc) is 3.31. The van der Waals surface area contributed by atoms with Crippen molar-refractivity contribution in [2.45, 2.75) is 416 Å². The third kappa shape index (κ3) is 52.6. The van der Waals surface area contributed by atoms with Gasteiger partial charge in [-0.2, -0.15) is 0 Å². The van der Waals surface area contributed by atoms with Crippen molar-refractivity contribution in [3.05, 3.63) is 24.3 Å². The van der Waals surface area contributed by atoms with Crippen LogP contribution in [-0.4, -0.2) is 100 Å². The van der Waals surface area contributed by atoms with Gasteiger partial charge in [-0.25, -0.2) is 0 Å². The predicted molar refractivity (Wildman–Crippen MR) is 357 cm³/mol. The SMILES string of the molecule is CCCC/C=C\CCCCCCCC(=O)OCCCCCCCCCCCCCCCCCCCCCCCCCCCCCCCCCCCCCCCC(=O)NC(COC1OC(CO)C(O)C(O)C1O)C(O)/C=C/CCCCCCCCC. The summed E-state index contributed by atoms with van der Waals surface area (Å²) in [5.41, 5.74) is 0. The van der Waals surface area contributed by atoms with E-state index in [1.54, 1.807) is 6.08 Å². The molecule has 0 saturated carbocycles. The third-order valence-electron chi connectivity index (χ3n) is 17.8. The maximum Gasteiger partial charge on any atom is 0.305 e. The molecule has 1 saturated heterocycles. The highest BCUT2D eigenvalue weighted by Crippen LogP contribution is 2.24. The third-order valence-corrected chi connectivity index (χ3v) is 17.8. The molecule has 6 N–H and O–H groups in total. The molecule has 1 heterocycles. The predicted octanol–water partition coefficient (Wildman–Crippen LogP) is 19.2. The number of rotatable bonds is 66. The number of carbonyl (C=O) groups excluding carboxylic acids is 2. The number of allylic oxidation sites excluding steroid dienone is 3. The second-order valence-electron chi connectivity index (χ2n) is 26.0. The Balaban J connectivity index is 1.86. The summed E-state index contributed by atoms with van der Waals surface area (Å²) in [5.74, 6) is -0.170. The highest BCUT2D eigenvalue weighted by molar-refractivity contribution is 5.76. The molecule has 0 aromatic rings. The van der Waals surface area contributed by atoms with Crippen LogP contribution in [0, 0.1) is 0 Å². The van der Waals surface area contributed by atoms with Gasteiger partial charge in [0.05, 0.1) is 32.0 Å². The summed E-state index contributed by atoms with van der Waals surface area (Å²) in [4.78, 5) is 25.0. The van der Waals surface area contributed by atoms with Crippen molar-refractivity contribution in [1.29, 1.82) is 0 Å². The lowest BCUT2D eigenvalue weighted by Gasteiger charge is -2.40. The van der Waals surface area contributed by atoms with E-state index in [-0.39, 0.29) is 18.5 Å². The molecule has 1 aliphatic rings. The van der Waals surface area contributed by atoms with Crippen LogP contribution in [0.5, 0.6) is 0 Å². The van der Waals surface area contributed by atoms with Crippen LogP contribution in [0.25, 0.3) is 0 Å². The maximum absolute atomic E-state index is 13.0. The first-order valence-electron chi connectivity index (χ1n) is 37.1. The standard InChI is InChI=1S/C74H141NO10/c1-3-5-7-9-11-13-41-46-50-54-58-62-70(79)83-63-59-55-51-47-43-40-38-36-34-32-30-28-26-24-22-20-18-16-14-15-17-19-21-23-25-27-29-31-33-35-37-39-42-45-49-53-57-61-69(78)75-66(67(77)60-56-52-48-44-12-10-8-6-4-2)65-84-74-73(82)72(81)71(80)68(64-76)85-74/h9,11,56,60,66-68,71-74,76-77,80-82H,3-8,10,12-55,57-59,61-65H2,1-2H3,(H,75,78)/b11-9-,60-56+. The van der Waals surface area contributed by atoms with Gasteiger partial charge >= 0.3 is 5.97 Å². The van der Waals surface area contributed by atoms with E-state index in [0.29, 0.717) is 19.4 Å². The Bertz CT molecular complexity index is 1460. The van der Waals surface area contributed by atoms with Crippen molar-refractivity contribution in [2.75, 3.05) is 19.8 Å². The Hall–Kier alpha value is -1.86. The summed E-state index contributed by atoms with van der Waals surface area (Å²) in [6, 6.07) is -0.803. The summed E-state index contributed by atoms with van der Waals surface area (Å²) in [6.45, 7) is 4.32. The molecule has 7 atom stereocenters. The van der Waals surface area contributed by atoms with Crippen LogP contribution in [-0.2, 0) is 23.8 Å². The minimum absolute atomic E-state index is 0.00645. The van der Waals surface area contributed by atoms with Gasteiger partial charge in [-0.3, -0.25) is 9.59 Å². The van der Waals surface area contributed by atoms with Gasteiger partial charge in [-0.15, -0.1) is 0 Å². The molecule has 0 spiro atoms. The smallest absolute Gasteiger partial charge is 0.305 e. The number of carbonyl (C=O) groups is 2. The Morgan fingerprint density at radius 1 is 0.424 bits per heavy atom. The van der Waals surface area contributed by atoms with E-state index in [1.807, 2.05) is 6.08 Å². The van der Waals surface area contributed by atoms with Crippen molar-refractivity contribution in [1.82, 2.24) is 5.32 Å². The van der Waals surface area contributed by atoms with Crippen LogP contribution in [0.4, 0.5) is 0 Å². The number of ether oxygens (including phenoxy) is 3. The maximum atomic E-state index is 13.0. The summed E-state index contributed by atoms with van der Waals surface area (Å²) < 4.78 is 16.7. The van der Waals surface area contributed by atoms with E-state index < -0.39 is 49.5 Å². The molecule has 0 aromatic heterocycles. The molecule has 85 heavy (non-hydrogen) atoms. The van der Waals surface area contributed by atoms with Crippen molar-refractivity contribution < 1.29 is 49.3 Å². The quantitative estimate of drug-likeness (QED) is 0.0195. The lowest BCUT2D eigenvalue weighted by molar-refractivity contribution is -0.302. The van der Waals surface area contributed by atoms with E-state index in [0.717, 1.165) is 57.8 Å². The van der Waals surface area contributed by atoms with Crippen molar-refractivity contribution >= 4 is 11.9 Å². The van der Waals surface area contributed by atoms with Gasteiger partial charge in [-0.1, -0.05) is 334 Å². The van der Waals surface area contributed by atoms with E-state index in [2.05, 4.69) is 31.3 Å². The number of aliphatic hydroxyl groups excluding tert-OH is 5. The molecule has 1 aliphatic heterocycles. The van der Waals surface area contributed by atoms with Gasteiger partial charge in [0, 0.05) is 12.8 Å². The zero-order valence-corrected chi connectivity index (χ0v) is 55.8. The van der Waals surface area contributed by atoms with Crippen LogP contribution in [0.15, 0.2) is 24.3 Å². The lowest BCUT2D eigenvalue weighted by atomic mass is 9.99. The van der Waals surface area contributed by atoms with Crippen molar-refractivity contribution in [3.8, 4) is 0 Å². The number of nitrogens with one attached hydrogen (secondary N) is 1. The Labute approximate surface area is 524 Å². The molecule has 1 amide bonds. The van der Waals surface area contributed by atoms with E-state index in [4.69, 9.17) is 14.2 Å². The zero-order chi connectivity index (χ0) is 61.6. The highest BCUT2D eigenvalue weighted by atomic mass is 16.7. The average molecular weight is 1200 g/mol. The molecule has 7 unspecified atom stereocenters. The van der Waals surface area contributed by atoms with Gasteiger partial charge in [0.15, 0.2) is 6.29 Å². The monoisotopic (exact) mass is 1200 g/mol. The molecule has 0 aromatic carbocycles. The van der Waals surface area contributed by atoms with Gasteiger partial charge in [0.25, 0.3) is 0 Å².